The second-order valence-electron chi connectivity index (χ2n) is 8.26. The summed E-state index contributed by atoms with van der Waals surface area (Å²) < 4.78 is 59.8. The number of carbonyl (C=O) groups is 1. The van der Waals surface area contributed by atoms with Crippen molar-refractivity contribution in [2.75, 3.05) is 7.11 Å². The molecule has 4 rings (SSSR count). The topological polar surface area (TPSA) is 134 Å². The molecule has 0 saturated heterocycles. The van der Waals surface area contributed by atoms with Gasteiger partial charge in [-0.3, -0.25) is 4.79 Å². The molecule has 1 aromatic heterocycles. The summed E-state index contributed by atoms with van der Waals surface area (Å²) in [6.45, 7) is 5.27. The Morgan fingerprint density at radius 3 is 2.44 bits per heavy atom. The molecule has 2 heterocycles. The molecular formula is C24H25N3O7S2. The van der Waals surface area contributed by atoms with Gasteiger partial charge in [-0.25, -0.2) is 13.1 Å². The maximum Gasteiger partial charge on any atom is 0.340 e. The van der Waals surface area contributed by atoms with Crippen LogP contribution in [-0.2, 0) is 31.3 Å². The molecule has 190 valence electrons. The monoisotopic (exact) mass is 531 g/mol. The third-order valence-electron chi connectivity index (χ3n) is 5.96. The van der Waals surface area contributed by atoms with Gasteiger partial charge in [-0.15, -0.1) is 0 Å². The maximum atomic E-state index is 13.7. The molecule has 0 spiro atoms. The van der Waals surface area contributed by atoms with Gasteiger partial charge in [0.1, 0.15) is 22.8 Å². The number of benzene rings is 2. The van der Waals surface area contributed by atoms with Crippen molar-refractivity contribution in [1.29, 1.82) is 0 Å². The number of Topliss-reactive ketones (excluding diaryl/α,β-unsaturated/α-hetero) is 1. The number of hydrogen-bond donors (Lipinski definition) is 0. The largest absolute Gasteiger partial charge is 0.399 e. The summed E-state index contributed by atoms with van der Waals surface area (Å²) in [5.41, 5.74) is 1.61. The Hall–Kier alpha value is -3.51. The summed E-state index contributed by atoms with van der Waals surface area (Å²) in [6, 6.07) is 10.9. The molecular weight excluding hydrogens is 506 g/mol. The van der Waals surface area contributed by atoms with Gasteiger partial charge >= 0.3 is 10.1 Å². The zero-order valence-electron chi connectivity index (χ0n) is 20.1. The van der Waals surface area contributed by atoms with Gasteiger partial charge in [0.2, 0.25) is 5.88 Å². The third-order valence-corrected chi connectivity index (χ3v) is 9.41. The summed E-state index contributed by atoms with van der Waals surface area (Å²) in [7, 11) is -7.15. The molecule has 1 unspecified atom stereocenters. The van der Waals surface area contributed by atoms with E-state index >= 15 is 0 Å². The van der Waals surface area contributed by atoms with Crippen molar-refractivity contribution >= 4 is 31.5 Å². The van der Waals surface area contributed by atoms with E-state index in [0.29, 0.717) is 22.4 Å². The Labute approximate surface area is 209 Å². The second-order valence-corrected chi connectivity index (χ2v) is 11.9. The molecule has 1 aliphatic rings. The van der Waals surface area contributed by atoms with E-state index in [-0.39, 0.29) is 34.2 Å². The standard InChI is InChI=1S/C24H25N3O7S2/c1-5-27-24(34-36(31,32)17-9-7-6-8-10-17)18(14-25-27)22(28)20-13-19(26-33-4)21-15(2)11-12-16(3)23(21)35(20,29)30/h6-12,14,20H,5,13H2,1-4H3. The number of aryl methyl sites for hydroxylation is 3. The minimum absolute atomic E-state index is 0.00478. The Kier molecular flexibility index (Phi) is 6.76. The minimum atomic E-state index is -4.32. The highest BCUT2D eigenvalue weighted by atomic mass is 32.2. The number of aromatic nitrogens is 2. The number of sulfone groups is 1. The maximum absolute atomic E-state index is 13.7. The average Bonchev–Trinajstić information content (AvgIpc) is 3.24. The fourth-order valence-electron chi connectivity index (χ4n) is 4.24. The fourth-order valence-corrected chi connectivity index (χ4v) is 7.36. The summed E-state index contributed by atoms with van der Waals surface area (Å²) in [5.74, 6) is -1.19. The van der Waals surface area contributed by atoms with Crippen LogP contribution in [-0.4, -0.2) is 50.5 Å². The average molecular weight is 532 g/mol. The van der Waals surface area contributed by atoms with E-state index < -0.39 is 31.0 Å². The molecule has 36 heavy (non-hydrogen) atoms. The van der Waals surface area contributed by atoms with E-state index in [1.165, 1.54) is 36.1 Å². The first-order chi connectivity index (χ1) is 17.0. The first-order valence-electron chi connectivity index (χ1n) is 11.1. The highest BCUT2D eigenvalue weighted by Crippen LogP contribution is 2.37. The molecule has 12 heteroatoms. The van der Waals surface area contributed by atoms with Gasteiger partial charge < -0.3 is 9.02 Å². The predicted molar refractivity (Wildman–Crippen MR) is 132 cm³/mol. The Bertz CT molecular complexity index is 1580. The van der Waals surface area contributed by atoms with Crippen molar-refractivity contribution in [2.45, 2.75) is 48.8 Å². The highest BCUT2D eigenvalue weighted by molar-refractivity contribution is 7.93. The van der Waals surface area contributed by atoms with Crippen LogP contribution >= 0.6 is 0 Å². The van der Waals surface area contributed by atoms with Gasteiger partial charge in [-0.05, 0) is 44.0 Å². The lowest BCUT2D eigenvalue weighted by atomic mass is 9.95. The van der Waals surface area contributed by atoms with Gasteiger partial charge in [-0.1, -0.05) is 35.5 Å². The minimum Gasteiger partial charge on any atom is -0.399 e. The van der Waals surface area contributed by atoms with Gasteiger partial charge in [0.05, 0.1) is 16.8 Å². The molecule has 2 aromatic carbocycles. The first kappa shape index (κ1) is 25.6. The number of nitrogens with zero attached hydrogens (tertiary/aromatic N) is 3. The van der Waals surface area contributed by atoms with Crippen molar-refractivity contribution < 1.29 is 30.7 Å². The van der Waals surface area contributed by atoms with E-state index in [0.717, 1.165) is 6.20 Å². The van der Waals surface area contributed by atoms with Crippen molar-refractivity contribution in [2.24, 2.45) is 5.16 Å². The van der Waals surface area contributed by atoms with Crippen LogP contribution < -0.4 is 4.18 Å². The van der Waals surface area contributed by atoms with Gasteiger partial charge in [-0.2, -0.15) is 13.5 Å². The Morgan fingerprint density at radius 1 is 1.14 bits per heavy atom. The molecule has 10 nitrogen and oxygen atoms in total. The number of ketones is 1. The summed E-state index contributed by atoms with van der Waals surface area (Å²) in [5, 5.41) is 6.50. The van der Waals surface area contributed by atoms with E-state index in [2.05, 4.69) is 10.3 Å². The Morgan fingerprint density at radius 2 is 1.81 bits per heavy atom. The lowest BCUT2D eigenvalue weighted by Gasteiger charge is -2.27. The number of carbonyl (C=O) groups excluding carboxylic acids is 1. The number of oxime groups is 1. The molecule has 0 amide bonds. The molecule has 0 saturated carbocycles. The van der Waals surface area contributed by atoms with Gasteiger partial charge in [0.25, 0.3) is 0 Å². The van der Waals surface area contributed by atoms with Crippen molar-refractivity contribution in [3.05, 3.63) is 70.9 Å². The normalized spacial score (nSPS) is 18.0. The lowest BCUT2D eigenvalue weighted by molar-refractivity contribution is 0.0986. The van der Waals surface area contributed by atoms with Crippen LogP contribution in [0.3, 0.4) is 0 Å². The smallest absolute Gasteiger partial charge is 0.340 e. The van der Waals surface area contributed by atoms with Crippen LogP contribution in [0.4, 0.5) is 0 Å². The van der Waals surface area contributed by atoms with E-state index in [4.69, 9.17) is 9.02 Å². The van der Waals surface area contributed by atoms with Crippen LogP contribution in [0.5, 0.6) is 5.88 Å². The molecule has 0 bridgehead atoms. The van der Waals surface area contributed by atoms with Crippen LogP contribution in [0.15, 0.2) is 63.6 Å². The first-order valence-corrected chi connectivity index (χ1v) is 14.0. The highest BCUT2D eigenvalue weighted by Gasteiger charge is 2.45. The molecule has 0 N–H and O–H groups in total. The zero-order valence-corrected chi connectivity index (χ0v) is 21.8. The van der Waals surface area contributed by atoms with Crippen LogP contribution in [0.2, 0.25) is 0 Å². The summed E-state index contributed by atoms with van der Waals surface area (Å²) >= 11 is 0. The van der Waals surface area contributed by atoms with Gasteiger partial charge in [0.15, 0.2) is 15.6 Å². The van der Waals surface area contributed by atoms with Crippen LogP contribution in [0.1, 0.15) is 40.4 Å². The number of hydrogen-bond acceptors (Lipinski definition) is 9. The van der Waals surface area contributed by atoms with E-state index in [9.17, 15) is 21.6 Å². The molecule has 0 radical (unpaired) electrons. The Balaban J connectivity index is 1.83. The zero-order chi connectivity index (χ0) is 26.3. The van der Waals surface area contributed by atoms with Crippen molar-refractivity contribution in [1.82, 2.24) is 9.78 Å². The van der Waals surface area contributed by atoms with Crippen LogP contribution in [0, 0.1) is 13.8 Å². The molecule has 1 atom stereocenters. The lowest BCUT2D eigenvalue weighted by Crippen LogP contribution is -2.39. The van der Waals surface area contributed by atoms with Gasteiger partial charge in [0, 0.05) is 18.5 Å². The quantitative estimate of drug-likeness (QED) is 0.258. The van der Waals surface area contributed by atoms with Crippen molar-refractivity contribution in [3.63, 3.8) is 0 Å². The van der Waals surface area contributed by atoms with E-state index in [1.807, 2.05) is 0 Å². The number of fused-ring (bicyclic) bond motifs is 1. The van der Waals surface area contributed by atoms with E-state index in [1.54, 1.807) is 39.0 Å². The predicted octanol–water partition coefficient (Wildman–Crippen LogP) is 3.07. The summed E-state index contributed by atoms with van der Waals surface area (Å²) in [6.07, 6.45) is 0.872. The third kappa shape index (κ3) is 4.30. The molecule has 3 aromatic rings. The second kappa shape index (κ2) is 9.51. The molecule has 1 aliphatic heterocycles. The van der Waals surface area contributed by atoms with Crippen molar-refractivity contribution in [3.8, 4) is 5.88 Å². The molecule has 0 fully saturated rings. The summed E-state index contributed by atoms with van der Waals surface area (Å²) in [4.78, 5) is 18.6. The fraction of sp³-hybridized carbons (Fsp3) is 0.292. The van der Waals surface area contributed by atoms with Crippen LogP contribution in [0.25, 0.3) is 0 Å². The SMILES string of the molecule is CCn1ncc(C(=O)C2CC(=NOC)c3c(C)ccc(C)c3S2(=O)=O)c1OS(=O)(=O)c1ccccc1. The molecule has 0 aliphatic carbocycles. The number of rotatable bonds is 7.